The number of pyridine rings is 1. The van der Waals surface area contributed by atoms with Crippen molar-refractivity contribution in [2.45, 2.75) is 6.04 Å². The van der Waals surface area contributed by atoms with Gasteiger partial charge in [0.1, 0.15) is 6.04 Å². The van der Waals surface area contributed by atoms with Crippen molar-refractivity contribution in [1.29, 1.82) is 0 Å². The highest BCUT2D eigenvalue weighted by molar-refractivity contribution is 5.99. The van der Waals surface area contributed by atoms with Crippen molar-refractivity contribution in [3.8, 4) is 0 Å². The molecular weight excluding hydrogens is 348 g/mol. The Bertz CT molecular complexity index is 792. The number of nitrogens with one attached hydrogen (secondary N) is 2. The number of fused-ring (bicyclic) bond motifs is 1. The molecule has 27 heavy (non-hydrogen) atoms. The van der Waals surface area contributed by atoms with Crippen molar-refractivity contribution in [2.75, 3.05) is 46.0 Å². The monoisotopic (exact) mass is 372 g/mol. The molecule has 2 amide bonds. The van der Waals surface area contributed by atoms with Gasteiger partial charge in [0, 0.05) is 37.8 Å². The van der Waals surface area contributed by atoms with Crippen molar-refractivity contribution in [3.05, 3.63) is 42.1 Å². The first-order valence-electron chi connectivity index (χ1n) is 9.01. The van der Waals surface area contributed by atoms with Gasteiger partial charge in [0.05, 0.1) is 30.9 Å². The molecule has 1 aromatic heterocycles. The molecule has 8 nitrogen and oxygen atoms in total. The quantitative estimate of drug-likeness (QED) is 0.621. The van der Waals surface area contributed by atoms with Gasteiger partial charge in [-0.3, -0.25) is 19.5 Å². The summed E-state index contributed by atoms with van der Waals surface area (Å²) in [7, 11) is 0. The lowest BCUT2D eigenvalue weighted by Gasteiger charge is -2.26. The molecule has 0 radical (unpaired) electrons. The molecule has 8 heteroatoms. The fraction of sp³-hybridized carbons (Fsp3) is 0.421. The number of carbonyl (C=O) groups is 2. The first-order chi connectivity index (χ1) is 13.2. The van der Waals surface area contributed by atoms with E-state index in [1.807, 2.05) is 24.3 Å². The Hall–Kier alpha value is -2.55. The van der Waals surface area contributed by atoms with Crippen LogP contribution >= 0.6 is 0 Å². The fourth-order valence-corrected chi connectivity index (χ4v) is 2.92. The third kappa shape index (κ3) is 5.22. The Kier molecular flexibility index (Phi) is 6.69. The van der Waals surface area contributed by atoms with Crippen molar-refractivity contribution >= 4 is 22.7 Å². The van der Waals surface area contributed by atoms with Crippen LogP contribution in [0.4, 0.5) is 0 Å². The molecule has 1 aliphatic heterocycles. The van der Waals surface area contributed by atoms with Gasteiger partial charge >= 0.3 is 0 Å². The number of rotatable bonds is 7. The van der Waals surface area contributed by atoms with Gasteiger partial charge in [0.2, 0.25) is 5.91 Å². The third-order valence-corrected chi connectivity index (χ3v) is 4.49. The number of morpholine rings is 1. The Balaban J connectivity index is 1.52. The van der Waals surface area contributed by atoms with Crippen molar-refractivity contribution < 1.29 is 19.4 Å². The second-order valence-corrected chi connectivity index (χ2v) is 6.37. The lowest BCUT2D eigenvalue weighted by Crippen LogP contribution is -2.50. The van der Waals surface area contributed by atoms with Crippen molar-refractivity contribution in [2.24, 2.45) is 0 Å². The summed E-state index contributed by atoms with van der Waals surface area (Å²) in [6.07, 6.45) is 1.46. The number of hydrogen-bond acceptors (Lipinski definition) is 6. The van der Waals surface area contributed by atoms with E-state index in [1.165, 1.54) is 6.20 Å². The van der Waals surface area contributed by atoms with Crippen molar-refractivity contribution in [1.82, 2.24) is 20.5 Å². The molecule has 0 aliphatic carbocycles. The zero-order chi connectivity index (χ0) is 19.1. The highest BCUT2D eigenvalue weighted by atomic mass is 16.5. The molecular formula is C19H24N4O4. The summed E-state index contributed by atoms with van der Waals surface area (Å²) in [5, 5.41) is 15.6. The SMILES string of the molecule is O=C(N[C@@H](CO)C(=O)NCCN1CCOCC1)c1cnc2ccccc2c1. The Morgan fingerprint density at radius 3 is 2.81 bits per heavy atom. The van der Waals surface area contributed by atoms with Crippen LogP contribution in [0.25, 0.3) is 10.9 Å². The molecule has 0 unspecified atom stereocenters. The Morgan fingerprint density at radius 2 is 2.04 bits per heavy atom. The van der Waals surface area contributed by atoms with Crippen LogP contribution in [0.15, 0.2) is 36.5 Å². The molecule has 0 spiro atoms. The van der Waals surface area contributed by atoms with Crippen LogP contribution in [-0.4, -0.2) is 78.8 Å². The van der Waals surface area contributed by atoms with Gasteiger partial charge in [0.15, 0.2) is 0 Å². The second kappa shape index (κ2) is 9.40. The van der Waals surface area contributed by atoms with Crippen LogP contribution in [0.3, 0.4) is 0 Å². The second-order valence-electron chi connectivity index (χ2n) is 6.37. The number of benzene rings is 1. The molecule has 2 aromatic rings. The van der Waals surface area contributed by atoms with Gasteiger partial charge in [-0.25, -0.2) is 0 Å². The molecule has 0 bridgehead atoms. The summed E-state index contributed by atoms with van der Waals surface area (Å²) in [5.74, 6) is -0.858. The molecule has 144 valence electrons. The average Bonchev–Trinajstić information content (AvgIpc) is 2.72. The molecule has 1 saturated heterocycles. The van der Waals surface area contributed by atoms with E-state index in [0.717, 1.165) is 24.0 Å². The summed E-state index contributed by atoms with van der Waals surface area (Å²) < 4.78 is 5.28. The first kappa shape index (κ1) is 19.2. The van der Waals surface area contributed by atoms with E-state index in [-0.39, 0.29) is 0 Å². The number of nitrogens with zero attached hydrogens (tertiary/aromatic N) is 2. The summed E-state index contributed by atoms with van der Waals surface area (Å²) in [6, 6.07) is 8.16. The minimum atomic E-state index is -1.01. The van der Waals surface area contributed by atoms with E-state index in [9.17, 15) is 14.7 Å². The van der Waals surface area contributed by atoms with Gasteiger partial charge in [0.25, 0.3) is 5.91 Å². The maximum Gasteiger partial charge on any atom is 0.253 e. The van der Waals surface area contributed by atoms with E-state index in [1.54, 1.807) is 6.07 Å². The van der Waals surface area contributed by atoms with E-state index in [4.69, 9.17) is 4.74 Å². The van der Waals surface area contributed by atoms with E-state index >= 15 is 0 Å². The average molecular weight is 372 g/mol. The van der Waals surface area contributed by atoms with Crippen LogP contribution in [0.5, 0.6) is 0 Å². The predicted octanol–water partition coefficient (Wildman–Crippen LogP) is -0.226. The highest BCUT2D eigenvalue weighted by Crippen LogP contribution is 2.12. The number of ether oxygens (including phenoxy) is 1. The first-order valence-corrected chi connectivity index (χ1v) is 9.01. The lowest BCUT2D eigenvalue weighted by molar-refractivity contribution is -0.123. The highest BCUT2D eigenvalue weighted by Gasteiger charge is 2.21. The molecule has 1 aliphatic rings. The number of carbonyl (C=O) groups excluding carboxylic acids is 2. The van der Waals surface area contributed by atoms with Gasteiger partial charge in [-0.1, -0.05) is 18.2 Å². The predicted molar refractivity (Wildman–Crippen MR) is 100 cm³/mol. The topological polar surface area (TPSA) is 104 Å². The normalized spacial score (nSPS) is 16.0. The standard InChI is InChI=1S/C19H24N4O4/c24-13-17(19(26)20-5-6-23-7-9-27-10-8-23)22-18(25)15-11-14-3-1-2-4-16(14)21-12-15/h1-4,11-12,17,24H,5-10,13H2,(H,20,26)(H,22,25)/t17-/m0/s1. The van der Waals surface area contributed by atoms with E-state index < -0.39 is 24.5 Å². The number of aliphatic hydroxyl groups is 1. The number of aromatic nitrogens is 1. The van der Waals surface area contributed by atoms with Crippen LogP contribution < -0.4 is 10.6 Å². The summed E-state index contributed by atoms with van der Waals surface area (Å²) >= 11 is 0. The zero-order valence-corrected chi connectivity index (χ0v) is 15.1. The Labute approximate surface area is 157 Å². The fourth-order valence-electron chi connectivity index (χ4n) is 2.92. The lowest BCUT2D eigenvalue weighted by atomic mass is 10.1. The van der Waals surface area contributed by atoms with Crippen LogP contribution in [0.2, 0.25) is 0 Å². The van der Waals surface area contributed by atoms with Crippen LogP contribution in [0, 0.1) is 0 Å². The molecule has 1 aromatic carbocycles. The summed E-state index contributed by atoms with van der Waals surface area (Å²) in [5.41, 5.74) is 1.13. The minimum absolute atomic E-state index is 0.341. The van der Waals surface area contributed by atoms with Gasteiger partial charge in [-0.15, -0.1) is 0 Å². The van der Waals surface area contributed by atoms with E-state index in [2.05, 4.69) is 20.5 Å². The zero-order valence-electron chi connectivity index (χ0n) is 15.1. The number of para-hydroxylation sites is 1. The molecule has 3 rings (SSSR count). The summed E-state index contributed by atoms with van der Waals surface area (Å²) in [4.78, 5) is 31.1. The largest absolute Gasteiger partial charge is 0.394 e. The van der Waals surface area contributed by atoms with E-state index in [0.29, 0.717) is 31.9 Å². The summed E-state index contributed by atoms with van der Waals surface area (Å²) in [6.45, 7) is 3.75. The number of amides is 2. The van der Waals surface area contributed by atoms with Crippen LogP contribution in [-0.2, 0) is 9.53 Å². The van der Waals surface area contributed by atoms with Gasteiger partial charge in [-0.05, 0) is 12.1 Å². The Morgan fingerprint density at radius 1 is 1.26 bits per heavy atom. The molecule has 3 N–H and O–H groups in total. The van der Waals surface area contributed by atoms with Gasteiger partial charge in [-0.2, -0.15) is 0 Å². The maximum absolute atomic E-state index is 12.4. The van der Waals surface area contributed by atoms with Gasteiger partial charge < -0.3 is 20.5 Å². The number of hydrogen-bond donors (Lipinski definition) is 3. The smallest absolute Gasteiger partial charge is 0.253 e. The van der Waals surface area contributed by atoms with Crippen LogP contribution in [0.1, 0.15) is 10.4 Å². The molecule has 0 saturated carbocycles. The molecule has 1 fully saturated rings. The third-order valence-electron chi connectivity index (χ3n) is 4.49. The minimum Gasteiger partial charge on any atom is -0.394 e. The number of aliphatic hydroxyl groups excluding tert-OH is 1. The maximum atomic E-state index is 12.4. The molecule has 1 atom stereocenters. The molecule has 2 heterocycles. The van der Waals surface area contributed by atoms with Crippen molar-refractivity contribution in [3.63, 3.8) is 0 Å².